The Morgan fingerprint density at radius 1 is 1.20 bits per heavy atom. The van der Waals surface area contributed by atoms with Gasteiger partial charge < -0.3 is 5.32 Å². The third-order valence-electron chi connectivity index (χ3n) is 3.58. The first kappa shape index (κ1) is 12.8. The van der Waals surface area contributed by atoms with Gasteiger partial charge in [-0.3, -0.25) is 9.67 Å². The first-order valence-corrected chi connectivity index (χ1v) is 6.71. The smallest absolute Gasteiger partial charge is 0.0746 e. The Morgan fingerprint density at radius 2 is 2.05 bits per heavy atom. The van der Waals surface area contributed by atoms with Crippen LogP contribution in [0.3, 0.4) is 0 Å². The molecule has 0 aliphatic rings. The highest BCUT2D eigenvalue weighted by Gasteiger charge is 2.16. The maximum Gasteiger partial charge on any atom is 0.0746 e. The van der Waals surface area contributed by atoms with E-state index in [1.807, 2.05) is 38.0 Å². The molecule has 3 aromatic rings. The van der Waals surface area contributed by atoms with Crippen LogP contribution in [0.1, 0.15) is 23.0 Å². The van der Waals surface area contributed by atoms with Crippen molar-refractivity contribution < 1.29 is 0 Å². The van der Waals surface area contributed by atoms with Gasteiger partial charge in [0.05, 0.1) is 22.9 Å². The minimum Gasteiger partial charge on any atom is -0.308 e. The van der Waals surface area contributed by atoms with Crippen molar-refractivity contribution in [3.8, 4) is 0 Å². The molecular formula is C16H18N4. The summed E-state index contributed by atoms with van der Waals surface area (Å²) < 4.78 is 1.93. The number of nitrogens with one attached hydrogen (secondary N) is 1. The number of fused-ring (bicyclic) bond motifs is 1. The largest absolute Gasteiger partial charge is 0.308 e. The van der Waals surface area contributed by atoms with Crippen LogP contribution >= 0.6 is 0 Å². The molecular weight excluding hydrogens is 248 g/mol. The molecule has 2 aromatic heterocycles. The Kier molecular flexibility index (Phi) is 3.24. The molecule has 0 fully saturated rings. The molecule has 0 radical (unpaired) electrons. The van der Waals surface area contributed by atoms with Crippen LogP contribution in [0.15, 0.2) is 42.6 Å². The zero-order valence-electron chi connectivity index (χ0n) is 12.0. The van der Waals surface area contributed by atoms with Gasteiger partial charge >= 0.3 is 0 Å². The summed E-state index contributed by atoms with van der Waals surface area (Å²) in [7, 11) is 3.95. The quantitative estimate of drug-likeness (QED) is 0.792. The second-order valence-electron chi connectivity index (χ2n) is 5.01. The molecule has 20 heavy (non-hydrogen) atoms. The van der Waals surface area contributed by atoms with Crippen LogP contribution in [0.2, 0.25) is 0 Å². The maximum atomic E-state index is 4.43. The minimum atomic E-state index is 0.130. The summed E-state index contributed by atoms with van der Waals surface area (Å²) in [4.78, 5) is 4.36. The van der Waals surface area contributed by atoms with Crippen LogP contribution in [-0.2, 0) is 7.05 Å². The van der Waals surface area contributed by atoms with Crippen molar-refractivity contribution in [1.82, 2.24) is 20.1 Å². The lowest BCUT2D eigenvalue weighted by Gasteiger charge is -2.17. The summed E-state index contributed by atoms with van der Waals surface area (Å²) in [5.74, 6) is 0. The average molecular weight is 266 g/mol. The third-order valence-corrected chi connectivity index (χ3v) is 3.58. The zero-order chi connectivity index (χ0) is 14.1. The van der Waals surface area contributed by atoms with Gasteiger partial charge in [-0.05, 0) is 43.8 Å². The molecule has 0 aliphatic heterocycles. The van der Waals surface area contributed by atoms with Crippen LogP contribution in [-0.4, -0.2) is 21.8 Å². The molecule has 0 saturated heterocycles. The monoisotopic (exact) mass is 266 g/mol. The molecule has 3 rings (SSSR count). The molecule has 0 aliphatic carbocycles. The van der Waals surface area contributed by atoms with E-state index in [2.05, 4.69) is 45.7 Å². The van der Waals surface area contributed by atoms with E-state index in [0.717, 1.165) is 22.3 Å². The molecule has 2 heterocycles. The normalized spacial score (nSPS) is 12.8. The number of nitrogens with zero attached hydrogens (tertiary/aromatic N) is 3. The lowest BCUT2D eigenvalue weighted by atomic mass is 10.0. The van der Waals surface area contributed by atoms with E-state index >= 15 is 0 Å². The Balaban J connectivity index is 2.09. The molecule has 0 amide bonds. The molecule has 1 unspecified atom stereocenters. The van der Waals surface area contributed by atoms with E-state index in [4.69, 9.17) is 0 Å². The Morgan fingerprint density at radius 3 is 2.75 bits per heavy atom. The van der Waals surface area contributed by atoms with Gasteiger partial charge in [-0.25, -0.2) is 0 Å². The lowest BCUT2D eigenvalue weighted by Crippen LogP contribution is -2.20. The van der Waals surface area contributed by atoms with Crippen molar-refractivity contribution >= 4 is 10.9 Å². The summed E-state index contributed by atoms with van der Waals surface area (Å²) in [6.45, 7) is 2.01. The van der Waals surface area contributed by atoms with Gasteiger partial charge in [0.2, 0.25) is 0 Å². The number of aryl methyl sites for hydroxylation is 2. The van der Waals surface area contributed by atoms with Crippen molar-refractivity contribution in [2.45, 2.75) is 13.0 Å². The van der Waals surface area contributed by atoms with E-state index < -0.39 is 0 Å². The second-order valence-corrected chi connectivity index (χ2v) is 5.01. The maximum absolute atomic E-state index is 4.43. The van der Waals surface area contributed by atoms with E-state index in [9.17, 15) is 0 Å². The van der Waals surface area contributed by atoms with Crippen molar-refractivity contribution in [2.24, 2.45) is 7.05 Å². The van der Waals surface area contributed by atoms with Crippen LogP contribution in [0.5, 0.6) is 0 Å². The Labute approximate surface area is 118 Å². The zero-order valence-corrected chi connectivity index (χ0v) is 12.0. The fourth-order valence-electron chi connectivity index (χ4n) is 2.66. The fraction of sp³-hybridized carbons (Fsp3) is 0.250. The van der Waals surface area contributed by atoms with E-state index in [-0.39, 0.29) is 6.04 Å². The number of aromatic nitrogens is 3. The van der Waals surface area contributed by atoms with Crippen molar-refractivity contribution in [2.75, 3.05) is 7.05 Å². The van der Waals surface area contributed by atoms with Crippen LogP contribution in [0.25, 0.3) is 10.9 Å². The molecule has 0 bridgehead atoms. The predicted octanol–water partition coefficient (Wildman–Crippen LogP) is 2.59. The van der Waals surface area contributed by atoms with E-state index in [1.165, 1.54) is 5.56 Å². The number of pyridine rings is 1. The van der Waals surface area contributed by atoms with Gasteiger partial charge in [0.1, 0.15) is 0 Å². The standard InChI is InChI=1S/C16H18N4/c1-11-9-15(20(3)19-11)16(17-2)13-6-7-14-12(10-13)5-4-8-18-14/h4-10,16-17H,1-3H3. The average Bonchev–Trinajstić information content (AvgIpc) is 2.78. The molecule has 0 saturated carbocycles. The molecule has 4 heteroatoms. The summed E-state index contributed by atoms with van der Waals surface area (Å²) in [6, 6.07) is 12.7. The summed E-state index contributed by atoms with van der Waals surface area (Å²) in [5.41, 5.74) is 4.43. The molecule has 102 valence electrons. The van der Waals surface area contributed by atoms with Crippen molar-refractivity contribution in [3.63, 3.8) is 0 Å². The summed E-state index contributed by atoms with van der Waals surface area (Å²) in [5, 5.41) is 8.96. The van der Waals surface area contributed by atoms with Gasteiger partial charge in [0.25, 0.3) is 0 Å². The minimum absolute atomic E-state index is 0.130. The molecule has 1 aromatic carbocycles. The highest BCUT2D eigenvalue weighted by atomic mass is 15.3. The van der Waals surface area contributed by atoms with Gasteiger partial charge in [-0.15, -0.1) is 0 Å². The summed E-state index contributed by atoms with van der Waals surface area (Å²) >= 11 is 0. The van der Waals surface area contributed by atoms with Crippen molar-refractivity contribution in [3.05, 3.63) is 59.5 Å². The highest BCUT2D eigenvalue weighted by Crippen LogP contribution is 2.24. The number of hydrogen-bond acceptors (Lipinski definition) is 3. The summed E-state index contributed by atoms with van der Waals surface area (Å²) in [6.07, 6.45) is 1.82. The highest BCUT2D eigenvalue weighted by molar-refractivity contribution is 5.79. The molecule has 4 nitrogen and oxygen atoms in total. The van der Waals surface area contributed by atoms with Gasteiger partial charge in [0.15, 0.2) is 0 Å². The number of benzene rings is 1. The van der Waals surface area contributed by atoms with Crippen LogP contribution < -0.4 is 5.32 Å². The molecule has 0 spiro atoms. The molecule has 1 atom stereocenters. The molecule has 1 N–H and O–H groups in total. The van der Waals surface area contributed by atoms with Crippen LogP contribution in [0, 0.1) is 6.92 Å². The number of rotatable bonds is 3. The SMILES string of the molecule is CNC(c1ccc2ncccc2c1)c1cc(C)nn1C. The fourth-order valence-corrected chi connectivity index (χ4v) is 2.66. The second kappa shape index (κ2) is 5.06. The lowest BCUT2D eigenvalue weighted by molar-refractivity contribution is 0.605. The Bertz CT molecular complexity index is 745. The first-order valence-electron chi connectivity index (χ1n) is 6.71. The Hall–Kier alpha value is -2.20. The van der Waals surface area contributed by atoms with Gasteiger partial charge in [-0.1, -0.05) is 12.1 Å². The van der Waals surface area contributed by atoms with E-state index in [1.54, 1.807) is 0 Å². The third kappa shape index (κ3) is 2.18. The van der Waals surface area contributed by atoms with Gasteiger partial charge in [-0.2, -0.15) is 5.10 Å². The van der Waals surface area contributed by atoms with E-state index in [0.29, 0.717) is 0 Å². The van der Waals surface area contributed by atoms with Crippen LogP contribution in [0.4, 0.5) is 0 Å². The topological polar surface area (TPSA) is 42.7 Å². The van der Waals surface area contributed by atoms with Gasteiger partial charge in [0, 0.05) is 18.6 Å². The number of hydrogen-bond donors (Lipinski definition) is 1. The predicted molar refractivity (Wildman–Crippen MR) is 80.6 cm³/mol. The first-order chi connectivity index (χ1) is 9.69. The van der Waals surface area contributed by atoms with Crippen molar-refractivity contribution in [1.29, 1.82) is 0 Å².